The fourth-order valence-corrected chi connectivity index (χ4v) is 1.62. The molecule has 0 aliphatic rings. The van der Waals surface area contributed by atoms with Gasteiger partial charge in [-0.1, -0.05) is 8.73 Å². The SMILES string of the molecule is CPN[C@@H](CS)C(C)=O. The summed E-state index contributed by atoms with van der Waals surface area (Å²) in [5.41, 5.74) is 0. The molecule has 0 saturated carbocycles. The summed E-state index contributed by atoms with van der Waals surface area (Å²) in [5.74, 6) is 0.759. The van der Waals surface area contributed by atoms with Crippen LogP contribution >= 0.6 is 21.4 Å². The van der Waals surface area contributed by atoms with Gasteiger partial charge >= 0.3 is 0 Å². The average molecular weight is 165 g/mol. The highest BCUT2D eigenvalue weighted by Gasteiger charge is 2.08. The van der Waals surface area contributed by atoms with E-state index in [1.54, 1.807) is 6.92 Å². The first kappa shape index (κ1) is 9.41. The summed E-state index contributed by atoms with van der Waals surface area (Å²) in [6.07, 6.45) is 0. The standard InChI is InChI=1S/C5H12NOPS/c1-4(7)5(3-9)6-8-2/h5-6,8-9H,3H2,1-2H3/t5-/m0/s1. The summed E-state index contributed by atoms with van der Waals surface area (Å²) >= 11 is 4.01. The van der Waals surface area contributed by atoms with Gasteiger partial charge in [-0.2, -0.15) is 12.6 Å². The molecule has 2 atom stereocenters. The van der Waals surface area contributed by atoms with E-state index in [0.29, 0.717) is 14.5 Å². The van der Waals surface area contributed by atoms with Crippen LogP contribution in [0.3, 0.4) is 0 Å². The molecule has 0 aliphatic heterocycles. The third-order valence-corrected chi connectivity index (χ3v) is 1.99. The molecule has 1 unspecified atom stereocenters. The number of hydrogen-bond donors (Lipinski definition) is 2. The Bertz CT molecular complexity index is 99.0. The molecule has 0 rings (SSSR count). The van der Waals surface area contributed by atoms with Crippen LogP contribution in [0.25, 0.3) is 0 Å². The minimum absolute atomic E-state index is 0.0448. The van der Waals surface area contributed by atoms with Gasteiger partial charge in [0.05, 0.1) is 6.04 Å². The predicted octanol–water partition coefficient (Wildman–Crippen LogP) is 0.687. The molecular formula is C5H12NOPS. The van der Waals surface area contributed by atoms with Gasteiger partial charge < -0.3 is 0 Å². The number of thiol groups is 1. The van der Waals surface area contributed by atoms with Crippen molar-refractivity contribution in [2.24, 2.45) is 0 Å². The first-order valence-electron chi connectivity index (χ1n) is 2.76. The van der Waals surface area contributed by atoms with E-state index in [1.165, 1.54) is 0 Å². The van der Waals surface area contributed by atoms with E-state index in [0.717, 1.165) is 0 Å². The molecule has 0 aromatic rings. The van der Waals surface area contributed by atoms with Gasteiger partial charge in [-0.15, -0.1) is 0 Å². The van der Waals surface area contributed by atoms with Gasteiger partial charge in [0.25, 0.3) is 0 Å². The zero-order valence-electron chi connectivity index (χ0n) is 5.64. The second-order valence-corrected chi connectivity index (χ2v) is 2.89. The van der Waals surface area contributed by atoms with Crippen LogP contribution < -0.4 is 5.09 Å². The molecule has 9 heavy (non-hydrogen) atoms. The Kier molecular flexibility index (Phi) is 5.45. The molecule has 0 aliphatic carbocycles. The number of rotatable bonds is 4. The summed E-state index contributed by atoms with van der Waals surface area (Å²) in [5, 5.41) is 3.03. The second-order valence-electron chi connectivity index (χ2n) is 1.74. The minimum atomic E-state index is -0.0448. The molecule has 54 valence electrons. The predicted molar refractivity (Wildman–Crippen MR) is 45.7 cm³/mol. The Morgan fingerprint density at radius 2 is 2.44 bits per heavy atom. The Morgan fingerprint density at radius 3 is 2.56 bits per heavy atom. The van der Waals surface area contributed by atoms with Gasteiger partial charge in [-0.3, -0.25) is 9.88 Å². The first-order chi connectivity index (χ1) is 4.22. The lowest BCUT2D eigenvalue weighted by Gasteiger charge is -2.09. The molecule has 0 fully saturated rings. The third kappa shape index (κ3) is 3.90. The van der Waals surface area contributed by atoms with Gasteiger partial charge in [0.15, 0.2) is 0 Å². The summed E-state index contributed by atoms with van der Waals surface area (Å²) in [4.78, 5) is 10.7. The Labute approximate surface area is 63.0 Å². The second kappa shape index (κ2) is 5.21. The van der Waals surface area contributed by atoms with E-state index in [-0.39, 0.29) is 11.8 Å². The van der Waals surface area contributed by atoms with E-state index in [9.17, 15) is 4.79 Å². The lowest BCUT2D eigenvalue weighted by Crippen LogP contribution is -2.31. The van der Waals surface area contributed by atoms with Crippen LogP contribution in [-0.4, -0.2) is 24.2 Å². The van der Waals surface area contributed by atoms with Crippen molar-refractivity contribution in [1.82, 2.24) is 5.09 Å². The fraction of sp³-hybridized carbons (Fsp3) is 0.800. The highest BCUT2D eigenvalue weighted by Crippen LogP contribution is 1.99. The van der Waals surface area contributed by atoms with Crippen LogP contribution in [0, 0.1) is 0 Å². The molecule has 1 N–H and O–H groups in total. The van der Waals surface area contributed by atoms with Gasteiger partial charge in [0.2, 0.25) is 0 Å². The zero-order valence-corrected chi connectivity index (χ0v) is 7.53. The van der Waals surface area contributed by atoms with Crippen LogP contribution in [0.2, 0.25) is 0 Å². The molecule has 0 aromatic carbocycles. The monoisotopic (exact) mass is 165 g/mol. The fourth-order valence-electron chi connectivity index (χ4n) is 0.450. The van der Waals surface area contributed by atoms with Gasteiger partial charge in [-0.25, -0.2) is 0 Å². The van der Waals surface area contributed by atoms with E-state index in [1.807, 2.05) is 6.66 Å². The molecule has 0 radical (unpaired) electrons. The molecule has 0 aromatic heterocycles. The molecule has 0 saturated heterocycles. The molecule has 0 amide bonds. The number of Topliss-reactive ketones (excluding diaryl/α,β-unsaturated/α-hetero) is 1. The quantitative estimate of drug-likeness (QED) is 0.474. The number of carbonyl (C=O) groups is 1. The number of hydrogen-bond acceptors (Lipinski definition) is 3. The van der Waals surface area contributed by atoms with E-state index in [2.05, 4.69) is 17.7 Å². The Morgan fingerprint density at radius 1 is 1.89 bits per heavy atom. The summed E-state index contributed by atoms with van der Waals surface area (Å²) in [6, 6.07) is -0.0448. The number of nitrogens with one attached hydrogen (secondary N) is 1. The van der Waals surface area contributed by atoms with Crippen molar-refractivity contribution in [3.05, 3.63) is 0 Å². The topological polar surface area (TPSA) is 29.1 Å². The lowest BCUT2D eigenvalue weighted by molar-refractivity contribution is -0.118. The highest BCUT2D eigenvalue weighted by atomic mass is 32.1. The van der Waals surface area contributed by atoms with Crippen molar-refractivity contribution in [2.75, 3.05) is 12.4 Å². The van der Waals surface area contributed by atoms with Crippen molar-refractivity contribution in [2.45, 2.75) is 13.0 Å². The molecule has 0 spiro atoms. The van der Waals surface area contributed by atoms with Crippen LogP contribution in [0.1, 0.15) is 6.92 Å². The summed E-state index contributed by atoms with van der Waals surface area (Å²) in [6.45, 7) is 3.58. The molecule has 0 bridgehead atoms. The van der Waals surface area contributed by atoms with E-state index >= 15 is 0 Å². The van der Waals surface area contributed by atoms with Crippen molar-refractivity contribution < 1.29 is 4.79 Å². The maximum Gasteiger partial charge on any atom is 0.147 e. The van der Waals surface area contributed by atoms with Gasteiger partial charge in [-0.05, 0) is 13.6 Å². The van der Waals surface area contributed by atoms with Crippen molar-refractivity contribution in [1.29, 1.82) is 0 Å². The summed E-state index contributed by atoms with van der Waals surface area (Å²) < 4.78 is 0. The van der Waals surface area contributed by atoms with E-state index in [4.69, 9.17) is 0 Å². The van der Waals surface area contributed by atoms with Gasteiger partial charge in [0, 0.05) is 5.75 Å². The molecule has 2 nitrogen and oxygen atoms in total. The van der Waals surface area contributed by atoms with Crippen LogP contribution in [0.15, 0.2) is 0 Å². The third-order valence-electron chi connectivity index (χ3n) is 0.992. The first-order valence-corrected chi connectivity index (χ1v) is 4.89. The van der Waals surface area contributed by atoms with Crippen molar-refractivity contribution in [3.8, 4) is 0 Å². The molecule has 0 heterocycles. The highest BCUT2D eigenvalue weighted by molar-refractivity contribution is 7.80. The lowest BCUT2D eigenvalue weighted by atomic mass is 10.3. The van der Waals surface area contributed by atoms with Crippen LogP contribution in [-0.2, 0) is 4.79 Å². The number of ketones is 1. The van der Waals surface area contributed by atoms with Gasteiger partial charge in [0.1, 0.15) is 5.78 Å². The maximum absolute atomic E-state index is 10.7. The minimum Gasteiger partial charge on any atom is -0.298 e. The van der Waals surface area contributed by atoms with Crippen LogP contribution in [0.4, 0.5) is 0 Å². The van der Waals surface area contributed by atoms with E-state index < -0.39 is 0 Å². The Balaban J connectivity index is 3.54. The molecule has 4 heteroatoms. The van der Waals surface area contributed by atoms with Crippen molar-refractivity contribution in [3.63, 3.8) is 0 Å². The summed E-state index contributed by atoms with van der Waals surface area (Å²) in [7, 11) is 0.618. The normalized spacial score (nSPS) is 14.6. The zero-order chi connectivity index (χ0) is 7.28. The smallest absolute Gasteiger partial charge is 0.147 e. The van der Waals surface area contributed by atoms with Crippen molar-refractivity contribution >= 4 is 27.1 Å². The molecular weight excluding hydrogens is 153 g/mol. The average Bonchev–Trinajstić information content (AvgIpc) is 1.82. The largest absolute Gasteiger partial charge is 0.298 e. The number of carbonyl (C=O) groups excluding carboxylic acids is 1. The maximum atomic E-state index is 10.7. The Hall–Kier alpha value is 0.410. The van der Waals surface area contributed by atoms with Crippen LogP contribution in [0.5, 0.6) is 0 Å².